The monoisotopic (exact) mass is 302 g/mol. The fraction of sp³-hybridized carbons (Fsp3) is 0.611. The molecule has 0 spiro atoms. The van der Waals surface area contributed by atoms with Gasteiger partial charge in [0.1, 0.15) is 5.75 Å². The van der Waals surface area contributed by atoms with Crippen molar-refractivity contribution >= 4 is 5.91 Å². The van der Waals surface area contributed by atoms with Crippen molar-refractivity contribution in [1.29, 1.82) is 0 Å². The van der Waals surface area contributed by atoms with Crippen molar-refractivity contribution in [3.05, 3.63) is 29.8 Å². The van der Waals surface area contributed by atoms with Crippen molar-refractivity contribution in [3.8, 4) is 5.75 Å². The molecule has 4 heteroatoms. The van der Waals surface area contributed by atoms with Gasteiger partial charge < -0.3 is 15.0 Å². The molecule has 0 bridgehead atoms. The van der Waals surface area contributed by atoms with Crippen LogP contribution in [0, 0.1) is 6.92 Å². The fourth-order valence-corrected chi connectivity index (χ4v) is 3.11. The summed E-state index contributed by atoms with van der Waals surface area (Å²) >= 11 is 0. The summed E-state index contributed by atoms with van der Waals surface area (Å²) in [6, 6.07) is 8.95. The minimum atomic E-state index is -0.455. The molecule has 1 saturated carbocycles. The van der Waals surface area contributed by atoms with E-state index in [4.69, 9.17) is 4.74 Å². The molecule has 1 aliphatic carbocycles. The lowest BCUT2D eigenvalue weighted by atomic mass is 10.0. The van der Waals surface area contributed by atoms with E-state index >= 15 is 0 Å². The number of rotatable bonds is 5. The number of aryl methyl sites for hydroxylation is 1. The minimum Gasteiger partial charge on any atom is -0.481 e. The zero-order chi connectivity index (χ0) is 15.5. The zero-order valence-electron chi connectivity index (χ0n) is 13.5. The number of carbonyl (C=O) groups excluding carboxylic acids is 1. The van der Waals surface area contributed by atoms with E-state index in [1.807, 2.05) is 38.1 Å². The third kappa shape index (κ3) is 4.01. The second-order valence-electron chi connectivity index (χ2n) is 6.63. The Kier molecular flexibility index (Phi) is 4.67. The molecule has 1 amide bonds. The summed E-state index contributed by atoms with van der Waals surface area (Å²) in [5.74, 6) is 0.748. The van der Waals surface area contributed by atoms with Crippen LogP contribution >= 0.6 is 0 Å². The van der Waals surface area contributed by atoms with Crippen molar-refractivity contribution < 1.29 is 9.53 Å². The average Bonchev–Trinajstić information content (AvgIpc) is 3.32. The van der Waals surface area contributed by atoms with Gasteiger partial charge in [0.25, 0.3) is 5.91 Å². The van der Waals surface area contributed by atoms with Crippen molar-refractivity contribution in [1.82, 2.24) is 10.2 Å². The van der Waals surface area contributed by atoms with Crippen LogP contribution in [-0.2, 0) is 4.79 Å². The first-order chi connectivity index (χ1) is 10.6. The largest absolute Gasteiger partial charge is 0.481 e. The van der Waals surface area contributed by atoms with Gasteiger partial charge in [0.2, 0.25) is 0 Å². The number of hydrogen-bond acceptors (Lipinski definition) is 3. The van der Waals surface area contributed by atoms with Crippen LogP contribution in [0.4, 0.5) is 0 Å². The molecule has 120 valence electrons. The molecule has 0 unspecified atom stereocenters. The van der Waals surface area contributed by atoms with E-state index in [2.05, 4.69) is 10.2 Å². The average molecular weight is 302 g/mol. The molecule has 1 atom stereocenters. The van der Waals surface area contributed by atoms with Gasteiger partial charge in [0, 0.05) is 25.2 Å². The van der Waals surface area contributed by atoms with Gasteiger partial charge in [-0.1, -0.05) is 12.1 Å². The Labute approximate surface area is 132 Å². The van der Waals surface area contributed by atoms with E-state index in [0.29, 0.717) is 6.04 Å². The maximum absolute atomic E-state index is 12.3. The molecule has 0 aromatic heterocycles. The number of amides is 1. The number of nitrogens with one attached hydrogen (secondary N) is 1. The van der Waals surface area contributed by atoms with Gasteiger partial charge in [-0.15, -0.1) is 0 Å². The molecular formula is C18H26N2O2. The van der Waals surface area contributed by atoms with Crippen LogP contribution in [0.15, 0.2) is 24.3 Å². The first kappa shape index (κ1) is 15.3. The molecule has 1 N–H and O–H groups in total. The molecule has 1 heterocycles. The number of piperidine rings is 1. The lowest BCUT2D eigenvalue weighted by molar-refractivity contribution is -0.128. The first-order valence-corrected chi connectivity index (χ1v) is 8.39. The van der Waals surface area contributed by atoms with Crippen LogP contribution in [-0.4, -0.2) is 42.1 Å². The molecule has 3 rings (SSSR count). The van der Waals surface area contributed by atoms with Gasteiger partial charge in [-0.05, 0) is 57.2 Å². The van der Waals surface area contributed by atoms with Crippen LogP contribution < -0.4 is 10.1 Å². The molecule has 1 aliphatic heterocycles. The molecule has 0 radical (unpaired) electrons. The normalized spacial score (nSPS) is 21.4. The molecule has 2 aliphatic rings. The van der Waals surface area contributed by atoms with Crippen LogP contribution in [0.5, 0.6) is 5.75 Å². The second-order valence-corrected chi connectivity index (χ2v) is 6.63. The lowest BCUT2D eigenvalue weighted by Crippen LogP contribution is -2.48. The number of benzene rings is 1. The van der Waals surface area contributed by atoms with Gasteiger partial charge in [-0.25, -0.2) is 0 Å². The Hall–Kier alpha value is -1.55. The zero-order valence-corrected chi connectivity index (χ0v) is 13.5. The van der Waals surface area contributed by atoms with E-state index in [9.17, 15) is 4.79 Å². The van der Waals surface area contributed by atoms with Gasteiger partial charge in [-0.3, -0.25) is 4.79 Å². The first-order valence-electron chi connectivity index (χ1n) is 8.39. The summed E-state index contributed by atoms with van der Waals surface area (Å²) in [5.41, 5.74) is 1.14. The quantitative estimate of drug-likeness (QED) is 0.908. The van der Waals surface area contributed by atoms with E-state index in [1.54, 1.807) is 0 Å². The predicted molar refractivity (Wildman–Crippen MR) is 87.0 cm³/mol. The Balaban J connectivity index is 1.45. The molecule has 22 heavy (non-hydrogen) atoms. The highest BCUT2D eigenvalue weighted by Gasteiger charge is 2.32. The third-order valence-electron chi connectivity index (χ3n) is 4.61. The molecule has 2 fully saturated rings. The Bertz CT molecular complexity index is 520. The smallest absolute Gasteiger partial charge is 0.260 e. The summed E-state index contributed by atoms with van der Waals surface area (Å²) in [7, 11) is 0. The Morgan fingerprint density at radius 3 is 2.64 bits per heavy atom. The maximum Gasteiger partial charge on any atom is 0.260 e. The maximum atomic E-state index is 12.3. The van der Waals surface area contributed by atoms with Gasteiger partial charge in [0.15, 0.2) is 6.10 Å². The number of ether oxygens (including phenoxy) is 1. The second kappa shape index (κ2) is 6.69. The van der Waals surface area contributed by atoms with Gasteiger partial charge >= 0.3 is 0 Å². The minimum absolute atomic E-state index is 0.00798. The third-order valence-corrected chi connectivity index (χ3v) is 4.61. The van der Waals surface area contributed by atoms with Gasteiger partial charge in [-0.2, -0.15) is 0 Å². The van der Waals surface area contributed by atoms with Crippen molar-refractivity contribution in [2.75, 3.05) is 13.1 Å². The summed E-state index contributed by atoms with van der Waals surface area (Å²) in [6.45, 7) is 6.06. The number of nitrogens with zero attached hydrogens (tertiary/aromatic N) is 1. The number of carbonyl (C=O) groups is 1. The standard InChI is InChI=1S/C18H26N2O2/c1-13-4-3-5-17(12-13)22-14(2)18(21)19-15-8-10-20(11-9-15)16-6-7-16/h3-5,12,14-16H,6-11H2,1-2H3,(H,19,21)/t14-/m0/s1. The highest BCUT2D eigenvalue weighted by atomic mass is 16.5. The van der Waals surface area contributed by atoms with E-state index < -0.39 is 6.10 Å². The van der Waals surface area contributed by atoms with Gasteiger partial charge in [0.05, 0.1) is 0 Å². The predicted octanol–water partition coefficient (Wildman–Crippen LogP) is 2.51. The van der Waals surface area contributed by atoms with E-state index in [1.165, 1.54) is 12.8 Å². The van der Waals surface area contributed by atoms with Crippen LogP contribution in [0.2, 0.25) is 0 Å². The molecule has 1 aromatic rings. The molecule has 4 nitrogen and oxygen atoms in total. The Morgan fingerprint density at radius 2 is 2.00 bits per heavy atom. The number of hydrogen-bond donors (Lipinski definition) is 1. The van der Waals surface area contributed by atoms with Crippen LogP contribution in [0.3, 0.4) is 0 Å². The van der Waals surface area contributed by atoms with Crippen molar-refractivity contribution in [2.24, 2.45) is 0 Å². The Morgan fingerprint density at radius 1 is 1.27 bits per heavy atom. The highest BCUT2D eigenvalue weighted by Crippen LogP contribution is 2.29. The molecule has 1 aromatic carbocycles. The fourth-order valence-electron chi connectivity index (χ4n) is 3.11. The topological polar surface area (TPSA) is 41.6 Å². The summed E-state index contributed by atoms with van der Waals surface area (Å²) in [6.07, 6.45) is 4.37. The van der Waals surface area contributed by atoms with Crippen LogP contribution in [0.25, 0.3) is 0 Å². The summed E-state index contributed by atoms with van der Waals surface area (Å²) in [5, 5.41) is 3.14. The van der Waals surface area contributed by atoms with Crippen molar-refractivity contribution in [3.63, 3.8) is 0 Å². The SMILES string of the molecule is Cc1cccc(O[C@@H](C)C(=O)NC2CCN(C3CC3)CC2)c1. The summed E-state index contributed by atoms with van der Waals surface area (Å²) < 4.78 is 5.75. The van der Waals surface area contributed by atoms with E-state index in [-0.39, 0.29) is 5.91 Å². The van der Waals surface area contributed by atoms with Crippen molar-refractivity contribution in [2.45, 2.75) is 57.7 Å². The van der Waals surface area contributed by atoms with E-state index in [0.717, 1.165) is 43.3 Å². The molecular weight excluding hydrogens is 276 g/mol. The van der Waals surface area contributed by atoms with Crippen LogP contribution in [0.1, 0.15) is 38.2 Å². The highest BCUT2D eigenvalue weighted by molar-refractivity contribution is 5.81. The summed E-state index contributed by atoms with van der Waals surface area (Å²) in [4.78, 5) is 14.8. The number of likely N-dealkylation sites (tertiary alicyclic amines) is 1. The lowest BCUT2D eigenvalue weighted by Gasteiger charge is -2.32. The molecule has 1 saturated heterocycles.